The van der Waals surface area contributed by atoms with E-state index in [-0.39, 0.29) is 0 Å². The summed E-state index contributed by atoms with van der Waals surface area (Å²) in [5.41, 5.74) is 3.68. The number of rotatable bonds is 5. The molecular weight excluding hydrogens is 373 g/mol. The molecule has 2 aromatic rings. The third-order valence-electron chi connectivity index (χ3n) is 3.79. The monoisotopic (exact) mass is 393 g/mol. The van der Waals surface area contributed by atoms with Gasteiger partial charge in [0.25, 0.3) is 0 Å². The van der Waals surface area contributed by atoms with Crippen molar-refractivity contribution in [3.05, 3.63) is 39.1 Å². The van der Waals surface area contributed by atoms with E-state index in [0.717, 1.165) is 45.4 Å². The fourth-order valence-electron chi connectivity index (χ4n) is 2.49. The van der Waals surface area contributed by atoms with Crippen LogP contribution in [0.25, 0.3) is 11.4 Å². The molecule has 0 atom stereocenters. The van der Waals surface area contributed by atoms with Crippen molar-refractivity contribution in [1.29, 1.82) is 0 Å². The van der Waals surface area contributed by atoms with Crippen LogP contribution in [0.1, 0.15) is 43.9 Å². The molecule has 0 spiro atoms. The summed E-state index contributed by atoms with van der Waals surface area (Å²) in [4.78, 5) is 9.50. The van der Waals surface area contributed by atoms with Gasteiger partial charge < -0.3 is 5.32 Å². The molecular formula is C17H20IN3. The summed E-state index contributed by atoms with van der Waals surface area (Å²) in [5, 5.41) is 3.35. The molecule has 0 saturated heterocycles. The Labute approximate surface area is 139 Å². The van der Waals surface area contributed by atoms with Crippen LogP contribution in [0.3, 0.4) is 0 Å². The topological polar surface area (TPSA) is 37.8 Å². The highest BCUT2D eigenvalue weighted by Gasteiger charge is 2.23. The molecule has 1 aromatic heterocycles. The van der Waals surface area contributed by atoms with Crippen LogP contribution in [0.2, 0.25) is 0 Å². The molecule has 1 heterocycles. The molecule has 0 aliphatic heterocycles. The fourth-order valence-corrected chi connectivity index (χ4v) is 3.30. The van der Waals surface area contributed by atoms with E-state index in [1.165, 1.54) is 18.4 Å². The third-order valence-corrected chi connectivity index (χ3v) is 4.93. The van der Waals surface area contributed by atoms with Gasteiger partial charge in [0, 0.05) is 12.1 Å². The zero-order chi connectivity index (χ0) is 14.8. The number of nitrogens with one attached hydrogen (secondary N) is 1. The molecule has 1 aromatic carbocycles. The maximum absolute atomic E-state index is 4.77. The smallest absolute Gasteiger partial charge is 0.161 e. The second-order valence-electron chi connectivity index (χ2n) is 5.44. The molecule has 1 aliphatic rings. The number of benzene rings is 1. The Morgan fingerprint density at radius 1 is 1.24 bits per heavy atom. The highest BCUT2D eigenvalue weighted by atomic mass is 127. The van der Waals surface area contributed by atoms with Gasteiger partial charge in [-0.05, 0) is 66.3 Å². The molecule has 0 amide bonds. The van der Waals surface area contributed by atoms with Crippen molar-refractivity contribution < 1.29 is 0 Å². The Morgan fingerprint density at radius 2 is 2.05 bits per heavy atom. The molecule has 21 heavy (non-hydrogen) atoms. The lowest BCUT2D eigenvalue weighted by molar-refractivity contribution is 0.981. The summed E-state index contributed by atoms with van der Waals surface area (Å²) >= 11 is 2.34. The van der Waals surface area contributed by atoms with E-state index in [9.17, 15) is 0 Å². The van der Waals surface area contributed by atoms with Gasteiger partial charge in [0.05, 0.1) is 9.26 Å². The number of nitrogens with zero attached hydrogens (tertiary/aromatic N) is 2. The van der Waals surface area contributed by atoms with E-state index >= 15 is 0 Å². The number of halogens is 1. The van der Waals surface area contributed by atoms with Crippen LogP contribution in [0, 0.1) is 3.57 Å². The Kier molecular flexibility index (Phi) is 4.42. The normalized spacial score (nSPS) is 14.2. The molecule has 110 valence electrons. The van der Waals surface area contributed by atoms with E-state index in [1.807, 2.05) is 0 Å². The van der Waals surface area contributed by atoms with Crippen molar-refractivity contribution in [2.45, 2.75) is 39.0 Å². The quantitative estimate of drug-likeness (QED) is 0.754. The van der Waals surface area contributed by atoms with E-state index < -0.39 is 0 Å². The maximum Gasteiger partial charge on any atom is 0.161 e. The minimum absolute atomic E-state index is 0.757. The number of aryl methyl sites for hydroxylation is 1. The van der Waals surface area contributed by atoms with Gasteiger partial charge in [-0.1, -0.05) is 25.1 Å². The van der Waals surface area contributed by atoms with Gasteiger partial charge in [-0.3, -0.25) is 0 Å². The summed E-state index contributed by atoms with van der Waals surface area (Å²) < 4.78 is 1.14. The van der Waals surface area contributed by atoms with Crippen molar-refractivity contribution in [2.24, 2.45) is 0 Å². The molecule has 1 aliphatic carbocycles. The summed E-state index contributed by atoms with van der Waals surface area (Å²) in [6, 6.07) is 8.72. The van der Waals surface area contributed by atoms with Crippen LogP contribution in [0.4, 0.5) is 5.82 Å². The predicted molar refractivity (Wildman–Crippen MR) is 95.7 cm³/mol. The van der Waals surface area contributed by atoms with E-state index in [2.05, 4.69) is 66.0 Å². The Morgan fingerprint density at radius 3 is 2.71 bits per heavy atom. The standard InChI is InChI=1S/C17H20IN3/c1-3-14-15(18)17(19-4-2)21-16(20-14)13-7-5-6-12(10-13)11-8-9-11/h5-7,10-11H,3-4,8-9H2,1-2H3,(H,19,20,21). The van der Waals surface area contributed by atoms with E-state index in [0.29, 0.717) is 0 Å². The molecule has 1 fully saturated rings. The minimum Gasteiger partial charge on any atom is -0.369 e. The van der Waals surface area contributed by atoms with Crippen LogP contribution in [-0.2, 0) is 6.42 Å². The Balaban J connectivity index is 2.04. The van der Waals surface area contributed by atoms with Gasteiger partial charge in [0.15, 0.2) is 5.82 Å². The van der Waals surface area contributed by atoms with E-state index in [4.69, 9.17) is 9.97 Å². The summed E-state index contributed by atoms with van der Waals surface area (Å²) in [7, 11) is 0. The molecule has 4 heteroatoms. The first-order valence-corrected chi connectivity index (χ1v) is 8.71. The lowest BCUT2D eigenvalue weighted by Crippen LogP contribution is -2.07. The molecule has 0 bridgehead atoms. The average molecular weight is 393 g/mol. The van der Waals surface area contributed by atoms with Crippen LogP contribution in [0.15, 0.2) is 24.3 Å². The number of hydrogen-bond acceptors (Lipinski definition) is 3. The van der Waals surface area contributed by atoms with Gasteiger partial charge in [0.1, 0.15) is 5.82 Å². The first kappa shape index (κ1) is 14.8. The first-order chi connectivity index (χ1) is 10.2. The van der Waals surface area contributed by atoms with Crippen LogP contribution in [-0.4, -0.2) is 16.5 Å². The number of hydrogen-bond donors (Lipinski definition) is 1. The fraction of sp³-hybridized carbons (Fsp3) is 0.412. The number of anilines is 1. The molecule has 1 saturated carbocycles. The first-order valence-electron chi connectivity index (χ1n) is 7.63. The van der Waals surface area contributed by atoms with Gasteiger partial charge in [0.2, 0.25) is 0 Å². The maximum atomic E-state index is 4.77. The predicted octanol–water partition coefficient (Wildman–Crippen LogP) is 4.62. The molecule has 0 radical (unpaired) electrons. The van der Waals surface area contributed by atoms with E-state index in [1.54, 1.807) is 0 Å². The summed E-state index contributed by atoms with van der Waals surface area (Å²) in [6.45, 7) is 5.11. The lowest BCUT2D eigenvalue weighted by Gasteiger charge is -2.12. The second-order valence-corrected chi connectivity index (χ2v) is 6.52. The summed E-state index contributed by atoms with van der Waals surface area (Å²) in [5.74, 6) is 2.55. The highest BCUT2D eigenvalue weighted by Crippen LogP contribution is 2.41. The highest BCUT2D eigenvalue weighted by molar-refractivity contribution is 14.1. The zero-order valence-corrected chi connectivity index (χ0v) is 14.6. The van der Waals surface area contributed by atoms with Crippen molar-refractivity contribution >= 4 is 28.4 Å². The molecule has 0 unspecified atom stereocenters. The number of aromatic nitrogens is 2. The SMILES string of the molecule is CCNc1nc(-c2cccc(C3CC3)c2)nc(CC)c1I. The van der Waals surface area contributed by atoms with Crippen molar-refractivity contribution in [2.75, 3.05) is 11.9 Å². The average Bonchev–Trinajstić information content (AvgIpc) is 3.34. The zero-order valence-electron chi connectivity index (χ0n) is 12.5. The van der Waals surface area contributed by atoms with Crippen molar-refractivity contribution in [3.63, 3.8) is 0 Å². The third kappa shape index (κ3) is 3.20. The summed E-state index contributed by atoms with van der Waals surface area (Å²) in [6.07, 6.45) is 3.56. The van der Waals surface area contributed by atoms with Crippen LogP contribution >= 0.6 is 22.6 Å². The van der Waals surface area contributed by atoms with Gasteiger partial charge in [-0.2, -0.15) is 0 Å². The minimum atomic E-state index is 0.757. The van der Waals surface area contributed by atoms with Gasteiger partial charge in [-0.25, -0.2) is 9.97 Å². The largest absolute Gasteiger partial charge is 0.369 e. The van der Waals surface area contributed by atoms with Gasteiger partial charge >= 0.3 is 0 Å². The van der Waals surface area contributed by atoms with Crippen LogP contribution in [0.5, 0.6) is 0 Å². The van der Waals surface area contributed by atoms with Gasteiger partial charge in [-0.15, -0.1) is 0 Å². The molecule has 1 N–H and O–H groups in total. The molecule has 3 rings (SSSR count). The molecule has 3 nitrogen and oxygen atoms in total. The second kappa shape index (κ2) is 6.30. The Bertz CT molecular complexity index is 650. The lowest BCUT2D eigenvalue weighted by atomic mass is 10.1. The van der Waals surface area contributed by atoms with Crippen LogP contribution < -0.4 is 5.32 Å². The Hall–Kier alpha value is -1.17. The van der Waals surface area contributed by atoms with Crippen molar-refractivity contribution in [1.82, 2.24) is 9.97 Å². The van der Waals surface area contributed by atoms with Crippen molar-refractivity contribution in [3.8, 4) is 11.4 Å².